The number of ether oxygens (including phenoxy) is 2. The van der Waals surface area contributed by atoms with E-state index in [1.165, 1.54) is 0 Å². The largest absolute Gasteiger partial charge is 0.490 e. The number of methoxy groups -OCH3 is 1. The summed E-state index contributed by atoms with van der Waals surface area (Å²) in [4.78, 5) is 12.9. The molecule has 0 spiro atoms. The molecule has 0 saturated carbocycles. The van der Waals surface area contributed by atoms with Gasteiger partial charge >= 0.3 is 0 Å². The van der Waals surface area contributed by atoms with Gasteiger partial charge < -0.3 is 14.8 Å². The summed E-state index contributed by atoms with van der Waals surface area (Å²) in [5.74, 6) is 0.713. The molecule has 0 fully saturated rings. The Morgan fingerprint density at radius 1 is 1.12 bits per heavy atom. The van der Waals surface area contributed by atoms with Crippen LogP contribution in [-0.2, 0) is 9.53 Å². The molecule has 0 aromatic heterocycles. The van der Waals surface area contributed by atoms with Crippen molar-refractivity contribution >= 4 is 22.4 Å². The Labute approximate surface area is 156 Å². The lowest BCUT2D eigenvalue weighted by Crippen LogP contribution is -2.42. The van der Waals surface area contributed by atoms with Crippen LogP contribution >= 0.6 is 0 Å². The summed E-state index contributed by atoms with van der Waals surface area (Å²) >= 11 is 0. The lowest BCUT2D eigenvalue weighted by Gasteiger charge is -2.27. The average Bonchev–Trinajstić information content (AvgIpc) is 2.63. The molecule has 0 aliphatic rings. The zero-order valence-corrected chi connectivity index (χ0v) is 16.6. The molecule has 142 valence electrons. The van der Waals surface area contributed by atoms with E-state index in [2.05, 4.69) is 12.2 Å². The number of hydrogen-bond donors (Lipinski definition) is 1. The molecule has 1 atom stereocenters. The van der Waals surface area contributed by atoms with Gasteiger partial charge in [0.1, 0.15) is 11.4 Å². The van der Waals surface area contributed by atoms with E-state index in [9.17, 15) is 4.79 Å². The van der Waals surface area contributed by atoms with Gasteiger partial charge in [0.15, 0.2) is 0 Å². The summed E-state index contributed by atoms with van der Waals surface area (Å²) in [5, 5.41) is 5.02. The van der Waals surface area contributed by atoms with Gasteiger partial charge in [0.2, 0.25) is 0 Å². The summed E-state index contributed by atoms with van der Waals surface area (Å²) in [6.07, 6.45) is 3.97. The summed E-state index contributed by atoms with van der Waals surface area (Å²) in [6, 6.07) is 11.8. The molecule has 0 bridgehead atoms. The molecule has 0 aliphatic carbocycles. The summed E-state index contributed by atoms with van der Waals surface area (Å²) < 4.78 is 11.5. The fourth-order valence-corrected chi connectivity index (χ4v) is 3.01. The van der Waals surface area contributed by atoms with Crippen LogP contribution < -0.4 is 10.1 Å². The Bertz CT molecular complexity index is 741. The van der Waals surface area contributed by atoms with Crippen LogP contribution in [-0.4, -0.2) is 24.7 Å². The predicted octanol–water partition coefficient (Wildman–Crippen LogP) is 5.55. The van der Waals surface area contributed by atoms with Crippen molar-refractivity contribution in [3.63, 3.8) is 0 Å². The zero-order valence-electron chi connectivity index (χ0n) is 16.6. The smallest absolute Gasteiger partial charge is 0.256 e. The number of unbranched alkanes of at least 4 members (excludes halogenated alkanes) is 2. The van der Waals surface area contributed by atoms with E-state index in [1.54, 1.807) is 7.11 Å². The SMILES string of the molecule is CCCCCC(C)(OC)C(=O)Nc1ccc(OC(C)C)c2ccccc12. The third-order valence-corrected chi connectivity index (χ3v) is 4.68. The Morgan fingerprint density at radius 3 is 2.42 bits per heavy atom. The molecular formula is C22H31NO3. The average molecular weight is 357 g/mol. The normalized spacial score (nSPS) is 13.6. The second kappa shape index (κ2) is 9.04. The first-order chi connectivity index (χ1) is 12.4. The first kappa shape index (κ1) is 20.2. The number of nitrogens with one attached hydrogen (secondary N) is 1. The van der Waals surface area contributed by atoms with Crippen molar-refractivity contribution in [1.29, 1.82) is 0 Å². The van der Waals surface area contributed by atoms with Gasteiger partial charge in [-0.3, -0.25) is 4.79 Å². The fraction of sp³-hybridized carbons (Fsp3) is 0.500. The number of amides is 1. The molecule has 1 amide bonds. The molecule has 1 N–H and O–H groups in total. The molecule has 26 heavy (non-hydrogen) atoms. The molecule has 0 saturated heterocycles. The zero-order chi connectivity index (χ0) is 19.2. The monoisotopic (exact) mass is 357 g/mol. The quantitative estimate of drug-likeness (QED) is 0.598. The first-order valence-electron chi connectivity index (χ1n) is 9.46. The molecule has 4 heteroatoms. The summed E-state index contributed by atoms with van der Waals surface area (Å²) in [7, 11) is 1.60. The Hall–Kier alpha value is -2.07. The molecule has 0 aliphatic heterocycles. The number of carbonyl (C=O) groups excluding carboxylic acids is 1. The summed E-state index contributed by atoms with van der Waals surface area (Å²) in [6.45, 7) is 8.02. The number of fused-ring (bicyclic) bond motifs is 1. The third kappa shape index (κ3) is 4.76. The molecular weight excluding hydrogens is 326 g/mol. The highest BCUT2D eigenvalue weighted by Gasteiger charge is 2.32. The van der Waals surface area contributed by atoms with Gasteiger partial charge in [0.05, 0.1) is 6.10 Å². The van der Waals surface area contributed by atoms with Gasteiger partial charge in [-0.1, -0.05) is 50.5 Å². The molecule has 2 rings (SSSR count). The van der Waals surface area contributed by atoms with Crippen molar-refractivity contribution < 1.29 is 14.3 Å². The molecule has 4 nitrogen and oxygen atoms in total. The van der Waals surface area contributed by atoms with Crippen molar-refractivity contribution in [3.05, 3.63) is 36.4 Å². The van der Waals surface area contributed by atoms with Crippen molar-refractivity contribution in [2.75, 3.05) is 12.4 Å². The van der Waals surface area contributed by atoms with E-state index in [1.807, 2.05) is 57.2 Å². The highest BCUT2D eigenvalue weighted by molar-refractivity contribution is 6.06. The van der Waals surface area contributed by atoms with Crippen LogP contribution in [0, 0.1) is 0 Å². The van der Waals surface area contributed by atoms with Gasteiger partial charge in [-0.2, -0.15) is 0 Å². The second-order valence-corrected chi connectivity index (χ2v) is 7.17. The Kier molecular flexibility index (Phi) is 7.04. The summed E-state index contributed by atoms with van der Waals surface area (Å²) in [5.41, 5.74) is -0.0518. The van der Waals surface area contributed by atoms with Crippen molar-refractivity contribution in [1.82, 2.24) is 0 Å². The van der Waals surface area contributed by atoms with E-state index in [-0.39, 0.29) is 12.0 Å². The Morgan fingerprint density at radius 2 is 1.81 bits per heavy atom. The maximum absolute atomic E-state index is 12.9. The predicted molar refractivity (Wildman–Crippen MR) is 108 cm³/mol. The van der Waals surface area contributed by atoms with Crippen LogP contribution in [0.2, 0.25) is 0 Å². The van der Waals surface area contributed by atoms with Crippen molar-refractivity contribution in [2.45, 2.75) is 65.1 Å². The van der Waals surface area contributed by atoms with Crippen LogP contribution in [0.1, 0.15) is 53.4 Å². The van der Waals surface area contributed by atoms with E-state index in [0.717, 1.165) is 41.5 Å². The minimum absolute atomic E-state index is 0.0918. The number of benzene rings is 2. The maximum Gasteiger partial charge on any atom is 0.256 e. The van der Waals surface area contributed by atoms with Crippen LogP contribution in [0.25, 0.3) is 10.8 Å². The first-order valence-corrected chi connectivity index (χ1v) is 9.46. The van der Waals surface area contributed by atoms with Crippen molar-refractivity contribution in [2.24, 2.45) is 0 Å². The van der Waals surface area contributed by atoms with Gasteiger partial charge in [-0.15, -0.1) is 0 Å². The van der Waals surface area contributed by atoms with Gasteiger partial charge in [-0.05, 0) is 39.3 Å². The maximum atomic E-state index is 12.9. The number of anilines is 1. The lowest BCUT2D eigenvalue weighted by molar-refractivity contribution is -0.136. The second-order valence-electron chi connectivity index (χ2n) is 7.17. The number of hydrogen-bond acceptors (Lipinski definition) is 3. The number of carbonyl (C=O) groups is 1. The highest BCUT2D eigenvalue weighted by atomic mass is 16.5. The van der Waals surface area contributed by atoms with E-state index in [4.69, 9.17) is 9.47 Å². The number of rotatable bonds is 9. The minimum atomic E-state index is -0.830. The van der Waals surface area contributed by atoms with Crippen LogP contribution in [0.4, 0.5) is 5.69 Å². The van der Waals surface area contributed by atoms with Gasteiger partial charge in [-0.25, -0.2) is 0 Å². The standard InChI is InChI=1S/C22H31NO3/c1-6-7-10-15-22(4,25-5)21(24)23-19-13-14-20(26-16(2)3)18-12-9-8-11-17(18)19/h8-9,11-14,16H,6-7,10,15H2,1-5H3,(H,23,24). The highest BCUT2D eigenvalue weighted by Crippen LogP contribution is 2.33. The van der Waals surface area contributed by atoms with Crippen LogP contribution in [0.15, 0.2) is 36.4 Å². The molecule has 0 radical (unpaired) electrons. The topological polar surface area (TPSA) is 47.6 Å². The lowest BCUT2D eigenvalue weighted by atomic mass is 9.96. The third-order valence-electron chi connectivity index (χ3n) is 4.68. The van der Waals surface area contributed by atoms with E-state index in [0.29, 0.717) is 6.42 Å². The van der Waals surface area contributed by atoms with Crippen LogP contribution in [0.5, 0.6) is 5.75 Å². The van der Waals surface area contributed by atoms with E-state index < -0.39 is 5.60 Å². The van der Waals surface area contributed by atoms with Crippen LogP contribution in [0.3, 0.4) is 0 Å². The fourth-order valence-electron chi connectivity index (χ4n) is 3.01. The molecule has 2 aromatic carbocycles. The molecule has 2 aromatic rings. The van der Waals surface area contributed by atoms with Gasteiger partial charge in [0.25, 0.3) is 5.91 Å². The molecule has 0 heterocycles. The van der Waals surface area contributed by atoms with Crippen molar-refractivity contribution in [3.8, 4) is 5.75 Å². The minimum Gasteiger partial charge on any atom is -0.490 e. The Balaban J connectivity index is 2.28. The van der Waals surface area contributed by atoms with E-state index >= 15 is 0 Å². The van der Waals surface area contributed by atoms with Gasteiger partial charge in [0, 0.05) is 23.6 Å². The molecule has 1 unspecified atom stereocenters.